The highest BCUT2D eigenvalue weighted by Crippen LogP contribution is 2.58. The molecule has 128 valence electrons. The van der Waals surface area contributed by atoms with Gasteiger partial charge in [0, 0.05) is 23.8 Å². The zero-order valence-corrected chi connectivity index (χ0v) is 13.6. The van der Waals surface area contributed by atoms with E-state index in [4.69, 9.17) is 23.7 Å². The fourth-order valence-corrected chi connectivity index (χ4v) is 4.84. The predicted molar refractivity (Wildman–Crippen MR) is 82.0 cm³/mol. The summed E-state index contributed by atoms with van der Waals surface area (Å²) in [6.45, 7) is 1.75. The summed E-state index contributed by atoms with van der Waals surface area (Å²) in [5.74, 6) is 0.408. The van der Waals surface area contributed by atoms with E-state index in [2.05, 4.69) is 0 Å². The van der Waals surface area contributed by atoms with E-state index in [-0.39, 0.29) is 17.5 Å². The summed E-state index contributed by atoms with van der Waals surface area (Å²) in [6, 6.07) is 3.86. The predicted octanol–water partition coefficient (Wildman–Crippen LogP) is 2.07. The van der Waals surface area contributed by atoms with Gasteiger partial charge >= 0.3 is 5.97 Å². The van der Waals surface area contributed by atoms with Crippen molar-refractivity contribution in [1.29, 1.82) is 0 Å². The molecule has 0 unspecified atom stereocenters. The van der Waals surface area contributed by atoms with Crippen LogP contribution in [-0.2, 0) is 31.0 Å². The van der Waals surface area contributed by atoms with Crippen molar-refractivity contribution in [2.24, 2.45) is 0 Å². The first kappa shape index (κ1) is 14.7. The number of methoxy groups -OCH3 is 1. The van der Waals surface area contributed by atoms with Crippen LogP contribution < -0.4 is 9.47 Å². The number of carbonyl (C=O) groups excluding carboxylic acids is 1. The van der Waals surface area contributed by atoms with Gasteiger partial charge < -0.3 is 23.7 Å². The van der Waals surface area contributed by atoms with Crippen molar-refractivity contribution in [3.05, 3.63) is 23.3 Å². The van der Waals surface area contributed by atoms with Crippen LogP contribution in [0.3, 0.4) is 0 Å². The summed E-state index contributed by atoms with van der Waals surface area (Å²) in [7, 11) is 1.60. The van der Waals surface area contributed by atoms with Crippen LogP contribution in [-0.4, -0.2) is 38.2 Å². The van der Waals surface area contributed by atoms with E-state index < -0.39 is 5.79 Å². The van der Waals surface area contributed by atoms with Gasteiger partial charge in [-0.25, -0.2) is 0 Å². The molecule has 2 atom stereocenters. The lowest BCUT2D eigenvalue weighted by molar-refractivity contribution is -0.225. The van der Waals surface area contributed by atoms with Crippen molar-refractivity contribution in [2.45, 2.75) is 49.6 Å². The highest BCUT2D eigenvalue weighted by atomic mass is 16.7. The number of ether oxygens (including phenoxy) is 5. The number of benzene rings is 1. The Hall–Kier alpha value is -1.63. The summed E-state index contributed by atoms with van der Waals surface area (Å²) in [4.78, 5) is 12.4. The van der Waals surface area contributed by atoms with Gasteiger partial charge in [-0.3, -0.25) is 4.79 Å². The maximum atomic E-state index is 12.4. The number of hydrogen-bond acceptors (Lipinski definition) is 6. The van der Waals surface area contributed by atoms with Crippen LogP contribution in [0.5, 0.6) is 11.5 Å². The molecule has 4 aliphatic rings. The molecule has 0 amide bonds. The van der Waals surface area contributed by atoms with Gasteiger partial charge in [-0.05, 0) is 18.1 Å². The molecule has 1 aromatic rings. The first-order valence-electron chi connectivity index (χ1n) is 8.46. The van der Waals surface area contributed by atoms with Gasteiger partial charge in [0.15, 0.2) is 17.3 Å². The standard InChI is InChI=1S/C18H20O6/c1-20-12-3-2-11-10-21-13-8-18(22-6-7-23-18)5-4-17(13)9-14(19)24-16(12)15(11)17/h2-3,13H,4-10H2,1H3/t13-,17+/m1/s1. The molecule has 0 radical (unpaired) electrons. The minimum atomic E-state index is -0.548. The smallest absolute Gasteiger partial charge is 0.312 e. The lowest BCUT2D eigenvalue weighted by Crippen LogP contribution is -2.57. The van der Waals surface area contributed by atoms with Gasteiger partial charge in [0.1, 0.15) is 0 Å². The highest BCUT2D eigenvalue weighted by Gasteiger charge is 2.59. The third-order valence-electron chi connectivity index (χ3n) is 5.92. The van der Waals surface area contributed by atoms with Crippen molar-refractivity contribution in [1.82, 2.24) is 0 Å². The molecule has 2 spiro atoms. The normalized spacial score (nSPS) is 32.9. The molecule has 1 aromatic carbocycles. The fraction of sp³-hybridized carbons (Fsp3) is 0.611. The Morgan fingerprint density at radius 1 is 1.21 bits per heavy atom. The Balaban J connectivity index is 1.64. The molecule has 0 bridgehead atoms. The average Bonchev–Trinajstić information content (AvgIpc) is 3.03. The topological polar surface area (TPSA) is 63.2 Å². The monoisotopic (exact) mass is 332 g/mol. The highest BCUT2D eigenvalue weighted by molar-refractivity contribution is 5.80. The summed E-state index contributed by atoms with van der Waals surface area (Å²) in [5, 5.41) is 0. The molecule has 24 heavy (non-hydrogen) atoms. The third-order valence-corrected chi connectivity index (χ3v) is 5.92. The molecule has 3 aliphatic heterocycles. The molecule has 1 aliphatic carbocycles. The van der Waals surface area contributed by atoms with Crippen molar-refractivity contribution in [3.63, 3.8) is 0 Å². The van der Waals surface area contributed by atoms with Crippen LogP contribution in [0.2, 0.25) is 0 Å². The van der Waals surface area contributed by atoms with Crippen LogP contribution in [0.15, 0.2) is 12.1 Å². The molecule has 0 N–H and O–H groups in total. The third kappa shape index (κ3) is 1.84. The number of esters is 1. The van der Waals surface area contributed by atoms with E-state index in [9.17, 15) is 4.79 Å². The average molecular weight is 332 g/mol. The number of rotatable bonds is 1. The Morgan fingerprint density at radius 3 is 2.83 bits per heavy atom. The molecule has 5 rings (SSSR count). The molecule has 1 saturated carbocycles. The number of carbonyl (C=O) groups is 1. The molecular weight excluding hydrogens is 312 g/mol. The summed E-state index contributed by atoms with van der Waals surface area (Å²) < 4.78 is 29.0. The van der Waals surface area contributed by atoms with Gasteiger partial charge in [-0.2, -0.15) is 0 Å². The second-order valence-electron chi connectivity index (χ2n) is 7.05. The van der Waals surface area contributed by atoms with Gasteiger partial charge in [0.05, 0.1) is 39.5 Å². The summed E-state index contributed by atoms with van der Waals surface area (Å²) in [5.41, 5.74) is 1.80. The second-order valence-corrected chi connectivity index (χ2v) is 7.05. The summed E-state index contributed by atoms with van der Waals surface area (Å²) >= 11 is 0. The molecule has 1 saturated heterocycles. The minimum Gasteiger partial charge on any atom is -0.493 e. The minimum absolute atomic E-state index is 0.115. The van der Waals surface area contributed by atoms with Crippen LogP contribution in [0.1, 0.15) is 36.8 Å². The lowest BCUT2D eigenvalue weighted by atomic mass is 9.61. The largest absolute Gasteiger partial charge is 0.493 e. The molecule has 6 heteroatoms. The Bertz CT molecular complexity index is 708. The maximum Gasteiger partial charge on any atom is 0.312 e. The van der Waals surface area contributed by atoms with Gasteiger partial charge in [0.25, 0.3) is 0 Å². The molecule has 3 heterocycles. The Labute approximate surface area is 140 Å². The van der Waals surface area contributed by atoms with Crippen molar-refractivity contribution in [2.75, 3.05) is 20.3 Å². The summed E-state index contributed by atoms with van der Waals surface area (Å²) in [6.07, 6.45) is 2.41. The first-order chi connectivity index (χ1) is 11.7. The maximum absolute atomic E-state index is 12.4. The Kier molecular flexibility index (Phi) is 3.02. The van der Waals surface area contributed by atoms with Crippen molar-refractivity contribution < 1.29 is 28.5 Å². The zero-order valence-electron chi connectivity index (χ0n) is 13.6. The van der Waals surface area contributed by atoms with E-state index in [0.29, 0.717) is 44.2 Å². The fourth-order valence-electron chi connectivity index (χ4n) is 4.84. The van der Waals surface area contributed by atoms with Gasteiger partial charge in [0.2, 0.25) is 0 Å². The SMILES string of the molecule is COc1ccc2c3c1OC(=O)C[C@]31CCC3(C[C@H]1OC2)OCCO3. The van der Waals surface area contributed by atoms with Crippen LogP contribution in [0.25, 0.3) is 0 Å². The van der Waals surface area contributed by atoms with Crippen LogP contribution in [0, 0.1) is 0 Å². The van der Waals surface area contributed by atoms with Gasteiger partial charge in [-0.1, -0.05) is 6.07 Å². The van der Waals surface area contributed by atoms with E-state index in [0.717, 1.165) is 24.0 Å². The van der Waals surface area contributed by atoms with Gasteiger partial charge in [-0.15, -0.1) is 0 Å². The molecule has 2 fully saturated rings. The second kappa shape index (κ2) is 4.94. The van der Waals surface area contributed by atoms with Crippen molar-refractivity contribution in [3.8, 4) is 11.5 Å². The van der Waals surface area contributed by atoms with Crippen LogP contribution in [0.4, 0.5) is 0 Å². The van der Waals surface area contributed by atoms with E-state index in [1.165, 1.54) is 0 Å². The molecule has 0 aromatic heterocycles. The van der Waals surface area contributed by atoms with E-state index in [1.807, 2.05) is 12.1 Å². The van der Waals surface area contributed by atoms with Crippen molar-refractivity contribution >= 4 is 5.97 Å². The molecule has 6 nitrogen and oxygen atoms in total. The van der Waals surface area contributed by atoms with E-state index >= 15 is 0 Å². The zero-order chi connectivity index (χ0) is 16.4. The quantitative estimate of drug-likeness (QED) is 0.579. The molecular formula is C18H20O6. The lowest BCUT2D eigenvalue weighted by Gasteiger charge is -2.53. The number of hydrogen-bond donors (Lipinski definition) is 0. The first-order valence-corrected chi connectivity index (χ1v) is 8.46. The van der Waals surface area contributed by atoms with E-state index in [1.54, 1.807) is 7.11 Å². The van der Waals surface area contributed by atoms with Crippen LogP contribution >= 0.6 is 0 Å². The Morgan fingerprint density at radius 2 is 2.04 bits per heavy atom.